The van der Waals surface area contributed by atoms with Crippen LogP contribution in [0.15, 0.2) is 10.9 Å². The second-order valence-electron chi connectivity index (χ2n) is 3.12. The fourth-order valence-corrected chi connectivity index (χ4v) is 1.46. The summed E-state index contributed by atoms with van der Waals surface area (Å²) in [6.45, 7) is 2.69. The van der Waals surface area contributed by atoms with Crippen molar-refractivity contribution in [2.75, 3.05) is 13.1 Å². The Morgan fingerprint density at radius 2 is 2.67 bits per heavy atom. The van der Waals surface area contributed by atoms with E-state index in [2.05, 4.69) is 15.0 Å². The summed E-state index contributed by atoms with van der Waals surface area (Å²) in [7, 11) is 0. The molecular formula is C7H12N4O. The van der Waals surface area contributed by atoms with Crippen LogP contribution in [-0.4, -0.2) is 34.2 Å². The van der Waals surface area contributed by atoms with Gasteiger partial charge in [-0.25, -0.2) is 0 Å². The van der Waals surface area contributed by atoms with Crippen LogP contribution in [-0.2, 0) is 6.54 Å². The van der Waals surface area contributed by atoms with Crippen molar-refractivity contribution in [3.05, 3.63) is 12.2 Å². The Balaban J connectivity index is 1.88. The van der Waals surface area contributed by atoms with Gasteiger partial charge in [-0.2, -0.15) is 4.98 Å². The lowest BCUT2D eigenvalue weighted by atomic mass is 10.3. The highest BCUT2D eigenvalue weighted by atomic mass is 16.5. The van der Waals surface area contributed by atoms with Crippen molar-refractivity contribution < 1.29 is 4.52 Å². The van der Waals surface area contributed by atoms with Gasteiger partial charge in [0.15, 0.2) is 6.33 Å². The Hall–Kier alpha value is -0.940. The maximum atomic E-state index is 5.75. The molecule has 12 heavy (non-hydrogen) atoms. The van der Waals surface area contributed by atoms with E-state index in [0.29, 0.717) is 11.9 Å². The van der Waals surface area contributed by atoms with E-state index in [-0.39, 0.29) is 0 Å². The average molecular weight is 168 g/mol. The predicted molar refractivity (Wildman–Crippen MR) is 42.2 cm³/mol. The highest BCUT2D eigenvalue weighted by Gasteiger charge is 2.20. The standard InChI is InChI=1S/C7H12N4O/c8-6-1-2-11(3-6)4-7-9-5-10-12-7/h5-6H,1-4,8H2/t6-/m0/s1. The molecule has 0 saturated carbocycles. The van der Waals surface area contributed by atoms with Crippen LogP contribution in [0.1, 0.15) is 12.3 Å². The van der Waals surface area contributed by atoms with E-state index in [1.807, 2.05) is 0 Å². The Labute approximate surface area is 70.5 Å². The summed E-state index contributed by atoms with van der Waals surface area (Å²) in [6, 6.07) is 0.313. The van der Waals surface area contributed by atoms with Gasteiger partial charge in [-0.1, -0.05) is 5.16 Å². The lowest BCUT2D eigenvalue weighted by Crippen LogP contribution is -2.26. The molecular weight excluding hydrogens is 156 g/mol. The third-order valence-electron chi connectivity index (χ3n) is 2.07. The van der Waals surface area contributed by atoms with Crippen molar-refractivity contribution in [3.8, 4) is 0 Å². The first-order valence-corrected chi connectivity index (χ1v) is 4.08. The fourth-order valence-electron chi connectivity index (χ4n) is 1.46. The van der Waals surface area contributed by atoms with Crippen LogP contribution in [0.3, 0.4) is 0 Å². The summed E-state index contributed by atoms with van der Waals surface area (Å²) in [5.74, 6) is 0.670. The number of likely N-dealkylation sites (tertiary alicyclic amines) is 1. The Bertz CT molecular complexity index is 236. The Kier molecular flexibility index (Phi) is 2.05. The van der Waals surface area contributed by atoms with E-state index in [0.717, 1.165) is 26.1 Å². The van der Waals surface area contributed by atoms with Crippen LogP contribution in [0.5, 0.6) is 0 Å². The van der Waals surface area contributed by atoms with Gasteiger partial charge in [-0.05, 0) is 6.42 Å². The zero-order chi connectivity index (χ0) is 8.39. The maximum Gasteiger partial charge on any atom is 0.240 e. The van der Waals surface area contributed by atoms with Gasteiger partial charge < -0.3 is 10.3 Å². The Morgan fingerprint density at radius 3 is 3.25 bits per heavy atom. The summed E-state index contributed by atoms with van der Waals surface area (Å²) in [4.78, 5) is 6.16. The van der Waals surface area contributed by atoms with Crippen molar-refractivity contribution in [1.29, 1.82) is 0 Å². The molecule has 1 saturated heterocycles. The highest BCUT2D eigenvalue weighted by molar-refractivity contribution is 4.82. The van der Waals surface area contributed by atoms with Gasteiger partial charge in [0.05, 0.1) is 6.54 Å². The number of hydrogen-bond donors (Lipinski definition) is 1. The molecule has 0 radical (unpaired) electrons. The molecule has 0 spiro atoms. The minimum atomic E-state index is 0.313. The average Bonchev–Trinajstić information content (AvgIpc) is 2.63. The van der Waals surface area contributed by atoms with Gasteiger partial charge in [-0.15, -0.1) is 0 Å². The van der Waals surface area contributed by atoms with Crippen molar-refractivity contribution in [3.63, 3.8) is 0 Å². The first-order valence-electron chi connectivity index (χ1n) is 4.08. The van der Waals surface area contributed by atoms with E-state index >= 15 is 0 Å². The van der Waals surface area contributed by atoms with E-state index in [1.165, 1.54) is 6.33 Å². The lowest BCUT2D eigenvalue weighted by Gasteiger charge is -2.10. The minimum Gasteiger partial charge on any atom is -0.338 e. The quantitative estimate of drug-likeness (QED) is 0.651. The fraction of sp³-hybridized carbons (Fsp3) is 0.714. The predicted octanol–water partition coefficient (Wildman–Crippen LogP) is -0.397. The first kappa shape index (κ1) is 7.70. The van der Waals surface area contributed by atoms with Crippen LogP contribution in [0.4, 0.5) is 0 Å². The molecule has 1 aliphatic heterocycles. The van der Waals surface area contributed by atoms with E-state index in [9.17, 15) is 0 Å². The normalized spacial score (nSPS) is 24.9. The summed E-state index contributed by atoms with van der Waals surface area (Å²) < 4.78 is 4.89. The minimum absolute atomic E-state index is 0.313. The second-order valence-corrected chi connectivity index (χ2v) is 3.12. The molecule has 5 nitrogen and oxygen atoms in total. The number of rotatable bonds is 2. The van der Waals surface area contributed by atoms with E-state index in [4.69, 9.17) is 10.3 Å². The molecule has 0 aromatic carbocycles. The molecule has 0 unspecified atom stereocenters. The summed E-state index contributed by atoms with van der Waals surface area (Å²) in [5, 5.41) is 3.54. The van der Waals surface area contributed by atoms with Gasteiger partial charge >= 0.3 is 0 Å². The number of nitrogens with zero attached hydrogens (tertiary/aromatic N) is 3. The van der Waals surface area contributed by atoms with Gasteiger partial charge in [0, 0.05) is 19.1 Å². The smallest absolute Gasteiger partial charge is 0.240 e. The Morgan fingerprint density at radius 1 is 1.75 bits per heavy atom. The van der Waals surface area contributed by atoms with Gasteiger partial charge in [0.25, 0.3) is 0 Å². The van der Waals surface area contributed by atoms with Crippen LogP contribution in [0.25, 0.3) is 0 Å². The summed E-state index contributed by atoms with van der Waals surface area (Å²) >= 11 is 0. The number of hydrogen-bond acceptors (Lipinski definition) is 5. The molecule has 1 aromatic rings. The van der Waals surface area contributed by atoms with Crippen molar-refractivity contribution in [1.82, 2.24) is 15.0 Å². The first-order chi connectivity index (χ1) is 5.84. The monoisotopic (exact) mass is 168 g/mol. The third kappa shape index (κ3) is 1.62. The van der Waals surface area contributed by atoms with Crippen molar-refractivity contribution in [2.45, 2.75) is 19.0 Å². The van der Waals surface area contributed by atoms with Crippen molar-refractivity contribution in [2.24, 2.45) is 5.73 Å². The van der Waals surface area contributed by atoms with Crippen LogP contribution >= 0.6 is 0 Å². The third-order valence-corrected chi connectivity index (χ3v) is 2.07. The molecule has 2 rings (SSSR count). The molecule has 0 aliphatic carbocycles. The molecule has 1 fully saturated rings. The van der Waals surface area contributed by atoms with Gasteiger partial charge in [-0.3, -0.25) is 4.90 Å². The van der Waals surface area contributed by atoms with Gasteiger partial charge in [0.1, 0.15) is 0 Å². The molecule has 0 amide bonds. The number of nitrogens with two attached hydrogens (primary N) is 1. The van der Waals surface area contributed by atoms with Crippen molar-refractivity contribution >= 4 is 0 Å². The zero-order valence-corrected chi connectivity index (χ0v) is 6.81. The topological polar surface area (TPSA) is 68.2 Å². The molecule has 1 aliphatic rings. The molecule has 66 valence electrons. The molecule has 0 bridgehead atoms. The molecule has 2 N–H and O–H groups in total. The molecule has 2 heterocycles. The van der Waals surface area contributed by atoms with Crippen LogP contribution in [0.2, 0.25) is 0 Å². The molecule has 1 atom stereocenters. The van der Waals surface area contributed by atoms with Crippen LogP contribution in [0, 0.1) is 0 Å². The highest BCUT2D eigenvalue weighted by Crippen LogP contribution is 2.09. The lowest BCUT2D eigenvalue weighted by molar-refractivity contribution is 0.265. The summed E-state index contributed by atoms with van der Waals surface area (Å²) in [6.07, 6.45) is 2.49. The SMILES string of the molecule is N[C@H]1CCN(Cc2ncno2)C1. The van der Waals surface area contributed by atoms with E-state index < -0.39 is 0 Å². The zero-order valence-electron chi connectivity index (χ0n) is 6.81. The van der Waals surface area contributed by atoms with E-state index in [1.54, 1.807) is 0 Å². The molecule has 1 aromatic heterocycles. The summed E-state index contributed by atoms with van der Waals surface area (Å²) in [5.41, 5.74) is 5.75. The largest absolute Gasteiger partial charge is 0.338 e. The van der Waals surface area contributed by atoms with Gasteiger partial charge in [0.2, 0.25) is 5.89 Å². The molecule has 5 heteroatoms. The number of aromatic nitrogens is 2. The van der Waals surface area contributed by atoms with Crippen LogP contribution < -0.4 is 5.73 Å². The maximum absolute atomic E-state index is 5.75. The second kappa shape index (κ2) is 3.20.